The molecule has 4 rings (SSSR count). The third-order valence-corrected chi connectivity index (χ3v) is 5.31. The zero-order valence-electron chi connectivity index (χ0n) is 17.8. The Morgan fingerprint density at radius 3 is 2.78 bits per heavy atom. The highest BCUT2D eigenvalue weighted by Crippen LogP contribution is 2.28. The molecule has 0 fully saturated rings. The maximum atomic E-state index is 12.5. The fourth-order valence-electron chi connectivity index (χ4n) is 3.31. The number of aromatic nitrogens is 2. The Bertz CT molecular complexity index is 1300. The van der Waals surface area contributed by atoms with Gasteiger partial charge in [-0.1, -0.05) is 23.7 Å². The molecule has 166 valence electrons. The summed E-state index contributed by atoms with van der Waals surface area (Å²) in [6, 6.07) is 12.5. The number of likely N-dealkylation sites (N-methyl/N-ethyl adjacent to an activating group) is 1. The quantitative estimate of drug-likeness (QED) is 0.432. The van der Waals surface area contributed by atoms with E-state index in [1.165, 1.54) is 0 Å². The molecule has 0 spiro atoms. The van der Waals surface area contributed by atoms with Gasteiger partial charge in [0.15, 0.2) is 17.2 Å². The lowest BCUT2D eigenvalue weighted by Gasteiger charge is -2.10. The lowest BCUT2D eigenvalue weighted by molar-refractivity contribution is -0.116. The molecule has 0 unspecified atom stereocenters. The topological polar surface area (TPSA) is 93.5 Å². The van der Waals surface area contributed by atoms with Gasteiger partial charge in [0.1, 0.15) is 0 Å². The zero-order chi connectivity index (χ0) is 22.7. The van der Waals surface area contributed by atoms with Crippen molar-refractivity contribution in [3.05, 3.63) is 70.1 Å². The molecule has 2 heterocycles. The van der Waals surface area contributed by atoms with Crippen molar-refractivity contribution in [3.63, 3.8) is 0 Å². The molecule has 0 aliphatic carbocycles. The minimum Gasteiger partial charge on any atom is -0.441 e. The Morgan fingerprint density at radius 1 is 1.19 bits per heavy atom. The van der Waals surface area contributed by atoms with E-state index in [0.29, 0.717) is 53.0 Å². The summed E-state index contributed by atoms with van der Waals surface area (Å²) in [5, 5.41) is 3.43. The van der Waals surface area contributed by atoms with Crippen LogP contribution in [0.5, 0.6) is 0 Å². The van der Waals surface area contributed by atoms with Crippen LogP contribution in [0.3, 0.4) is 0 Å². The number of nitrogens with zero attached hydrogens (tertiary/aromatic N) is 3. The third kappa shape index (κ3) is 4.92. The van der Waals surface area contributed by atoms with Gasteiger partial charge in [-0.15, -0.1) is 0 Å². The number of amides is 1. The molecule has 2 aromatic heterocycles. The Balaban J connectivity index is 1.40. The van der Waals surface area contributed by atoms with Crippen LogP contribution in [0, 0.1) is 0 Å². The summed E-state index contributed by atoms with van der Waals surface area (Å²) in [7, 11) is 3.87. The Kier molecular flexibility index (Phi) is 6.43. The van der Waals surface area contributed by atoms with E-state index < -0.39 is 5.76 Å². The number of aryl methyl sites for hydroxylation is 1. The molecule has 0 aliphatic rings. The molecule has 1 N–H and O–H groups in total. The van der Waals surface area contributed by atoms with Crippen molar-refractivity contribution in [2.45, 2.75) is 19.4 Å². The van der Waals surface area contributed by atoms with Crippen LogP contribution < -0.4 is 11.1 Å². The van der Waals surface area contributed by atoms with Crippen molar-refractivity contribution < 1.29 is 13.6 Å². The van der Waals surface area contributed by atoms with Crippen LogP contribution in [-0.2, 0) is 17.8 Å². The van der Waals surface area contributed by atoms with Crippen molar-refractivity contribution in [2.75, 3.05) is 26.0 Å². The van der Waals surface area contributed by atoms with Gasteiger partial charge in [0.25, 0.3) is 0 Å². The minimum absolute atomic E-state index is 0.187. The van der Waals surface area contributed by atoms with Crippen LogP contribution in [0.2, 0.25) is 5.02 Å². The number of rotatable bonds is 8. The van der Waals surface area contributed by atoms with Gasteiger partial charge in [0.05, 0.1) is 16.7 Å². The van der Waals surface area contributed by atoms with Gasteiger partial charge in [-0.3, -0.25) is 9.36 Å². The summed E-state index contributed by atoms with van der Waals surface area (Å²) < 4.78 is 12.6. The van der Waals surface area contributed by atoms with Crippen LogP contribution in [0.4, 0.5) is 5.69 Å². The van der Waals surface area contributed by atoms with Gasteiger partial charge in [-0.25, -0.2) is 9.78 Å². The number of halogens is 1. The Hall–Kier alpha value is -3.36. The summed E-state index contributed by atoms with van der Waals surface area (Å²) in [6.45, 7) is 1.19. The van der Waals surface area contributed by atoms with Crippen molar-refractivity contribution in [3.8, 4) is 11.3 Å². The van der Waals surface area contributed by atoms with Crippen molar-refractivity contribution in [1.29, 1.82) is 0 Å². The van der Waals surface area contributed by atoms with Crippen LogP contribution in [0.1, 0.15) is 12.3 Å². The summed E-state index contributed by atoms with van der Waals surface area (Å²) >= 11 is 6.19. The van der Waals surface area contributed by atoms with E-state index in [9.17, 15) is 9.59 Å². The number of hydrogen-bond donors (Lipinski definition) is 1. The second-order valence-electron chi connectivity index (χ2n) is 7.65. The predicted molar refractivity (Wildman–Crippen MR) is 123 cm³/mol. The first-order valence-electron chi connectivity index (χ1n) is 10.2. The third-order valence-electron chi connectivity index (χ3n) is 4.98. The molecule has 2 aromatic carbocycles. The van der Waals surface area contributed by atoms with Crippen LogP contribution in [-0.4, -0.2) is 41.0 Å². The van der Waals surface area contributed by atoms with Gasteiger partial charge in [0.2, 0.25) is 5.91 Å². The first kappa shape index (κ1) is 21.9. The zero-order valence-corrected chi connectivity index (χ0v) is 18.6. The average molecular weight is 455 g/mol. The predicted octanol–water partition coefficient (Wildman–Crippen LogP) is 4.04. The van der Waals surface area contributed by atoms with Crippen molar-refractivity contribution >= 4 is 34.3 Å². The summed E-state index contributed by atoms with van der Waals surface area (Å²) in [5.41, 5.74) is 2.47. The monoisotopic (exact) mass is 454 g/mol. The fourth-order valence-corrected chi connectivity index (χ4v) is 3.54. The van der Waals surface area contributed by atoms with Gasteiger partial charge >= 0.3 is 5.76 Å². The Morgan fingerprint density at radius 2 is 2.00 bits per heavy atom. The number of carbonyl (C=O) groups is 1. The second kappa shape index (κ2) is 9.42. The summed E-state index contributed by atoms with van der Waals surface area (Å²) in [6.07, 6.45) is 2.14. The largest absolute Gasteiger partial charge is 0.441 e. The molecule has 0 aliphatic heterocycles. The van der Waals surface area contributed by atoms with E-state index in [4.69, 9.17) is 20.4 Å². The van der Waals surface area contributed by atoms with Crippen LogP contribution in [0.15, 0.2) is 62.3 Å². The minimum atomic E-state index is -0.413. The normalized spacial score (nSPS) is 11.4. The molecule has 9 heteroatoms. The number of anilines is 1. The number of benzene rings is 2. The highest BCUT2D eigenvalue weighted by Gasteiger charge is 2.13. The first-order valence-corrected chi connectivity index (χ1v) is 10.6. The van der Waals surface area contributed by atoms with E-state index >= 15 is 0 Å². The molecule has 4 aromatic rings. The van der Waals surface area contributed by atoms with E-state index in [1.54, 1.807) is 35.0 Å². The highest BCUT2D eigenvalue weighted by atomic mass is 35.5. The van der Waals surface area contributed by atoms with E-state index in [0.717, 1.165) is 5.56 Å². The van der Waals surface area contributed by atoms with Gasteiger partial charge in [-0.2, -0.15) is 0 Å². The lowest BCUT2D eigenvalue weighted by atomic mass is 10.2. The van der Waals surface area contributed by atoms with E-state index in [1.807, 2.05) is 37.2 Å². The van der Waals surface area contributed by atoms with Gasteiger partial charge in [0, 0.05) is 37.2 Å². The molecule has 0 atom stereocenters. The maximum absolute atomic E-state index is 12.5. The average Bonchev–Trinajstić information content (AvgIpc) is 3.35. The molecule has 0 radical (unpaired) electrons. The fraction of sp³-hybridized carbons (Fsp3) is 0.261. The van der Waals surface area contributed by atoms with Crippen LogP contribution >= 0.6 is 11.6 Å². The standard InChI is InChI=1S/C23H23ClN4O4/c1-27(2)11-12-28-18-13-15(7-8-19(18)32-23(28)30)26-21(29)9-10-22-25-14-20(31-22)16-5-3-4-6-17(16)24/h3-8,13-14H,9-12H2,1-2H3,(H,26,29). The summed E-state index contributed by atoms with van der Waals surface area (Å²) in [4.78, 5) is 30.8. The van der Waals surface area contributed by atoms with Crippen molar-refractivity contribution in [2.24, 2.45) is 0 Å². The molecular weight excluding hydrogens is 432 g/mol. The van der Waals surface area contributed by atoms with E-state index in [-0.39, 0.29) is 12.3 Å². The highest BCUT2D eigenvalue weighted by molar-refractivity contribution is 6.33. The number of fused-ring (bicyclic) bond motifs is 1. The first-order chi connectivity index (χ1) is 15.4. The number of nitrogens with one attached hydrogen (secondary N) is 1. The van der Waals surface area contributed by atoms with Gasteiger partial charge in [-0.05, 0) is 44.4 Å². The molecular formula is C23H23ClN4O4. The Labute approximate surface area is 189 Å². The molecule has 0 saturated carbocycles. The van der Waals surface area contributed by atoms with Crippen LogP contribution in [0.25, 0.3) is 22.4 Å². The van der Waals surface area contributed by atoms with E-state index in [2.05, 4.69) is 10.3 Å². The molecule has 1 amide bonds. The molecule has 32 heavy (non-hydrogen) atoms. The smallest absolute Gasteiger partial charge is 0.419 e. The SMILES string of the molecule is CN(C)CCn1c(=O)oc2ccc(NC(=O)CCc3ncc(-c4ccccc4Cl)o3)cc21. The molecule has 8 nitrogen and oxygen atoms in total. The second-order valence-corrected chi connectivity index (χ2v) is 8.06. The number of oxazole rings is 2. The number of carbonyl (C=O) groups excluding carboxylic acids is 1. The molecule has 0 saturated heterocycles. The maximum Gasteiger partial charge on any atom is 0.419 e. The molecule has 0 bridgehead atoms. The number of hydrogen-bond acceptors (Lipinski definition) is 6. The summed E-state index contributed by atoms with van der Waals surface area (Å²) in [5.74, 6) is 0.418. The van der Waals surface area contributed by atoms with Gasteiger partial charge < -0.3 is 19.1 Å². The lowest BCUT2D eigenvalue weighted by Crippen LogP contribution is -2.23. The van der Waals surface area contributed by atoms with Crippen molar-refractivity contribution in [1.82, 2.24) is 14.5 Å².